The number of nitrogens with zero attached hydrogens (tertiary/aromatic N) is 2. The summed E-state index contributed by atoms with van der Waals surface area (Å²) < 4.78 is 0. The molecule has 1 aliphatic rings. The SMILES string of the molecule is CCCCCCCN1CCN=C1CCl. The number of amidine groups is 1. The molecule has 0 aromatic carbocycles. The van der Waals surface area contributed by atoms with E-state index >= 15 is 0 Å². The monoisotopic (exact) mass is 216 g/mol. The summed E-state index contributed by atoms with van der Waals surface area (Å²) in [6.45, 7) is 5.42. The summed E-state index contributed by atoms with van der Waals surface area (Å²) in [5, 5.41) is 0. The summed E-state index contributed by atoms with van der Waals surface area (Å²) >= 11 is 5.79. The van der Waals surface area contributed by atoms with E-state index in [2.05, 4.69) is 16.8 Å². The van der Waals surface area contributed by atoms with Crippen LogP contribution in [0.25, 0.3) is 0 Å². The first kappa shape index (κ1) is 11.8. The molecule has 1 rings (SSSR count). The zero-order chi connectivity index (χ0) is 10.2. The molecule has 0 atom stereocenters. The number of hydrogen-bond acceptors (Lipinski definition) is 2. The molecule has 0 fully saturated rings. The third-order valence-corrected chi connectivity index (χ3v) is 2.92. The largest absolute Gasteiger partial charge is 0.358 e. The summed E-state index contributed by atoms with van der Waals surface area (Å²) in [4.78, 5) is 6.69. The quantitative estimate of drug-likeness (QED) is 0.472. The summed E-state index contributed by atoms with van der Waals surface area (Å²) in [6.07, 6.45) is 6.70. The molecule has 1 aliphatic heterocycles. The van der Waals surface area contributed by atoms with Crippen molar-refractivity contribution in [1.82, 2.24) is 4.90 Å². The van der Waals surface area contributed by atoms with Crippen molar-refractivity contribution >= 4 is 17.4 Å². The molecule has 0 aliphatic carbocycles. The van der Waals surface area contributed by atoms with E-state index in [1.165, 1.54) is 32.1 Å². The fraction of sp³-hybridized carbons (Fsp3) is 0.909. The minimum absolute atomic E-state index is 0.578. The Balaban J connectivity index is 2.04. The van der Waals surface area contributed by atoms with Crippen LogP contribution >= 0.6 is 11.6 Å². The lowest BCUT2D eigenvalue weighted by molar-refractivity contribution is 0.430. The van der Waals surface area contributed by atoms with Crippen molar-refractivity contribution in [2.75, 3.05) is 25.5 Å². The van der Waals surface area contributed by atoms with Gasteiger partial charge in [0.05, 0.1) is 12.4 Å². The molecule has 0 saturated heterocycles. The Kier molecular flexibility index (Phi) is 6.00. The first-order chi connectivity index (χ1) is 6.88. The van der Waals surface area contributed by atoms with Gasteiger partial charge in [0.2, 0.25) is 0 Å². The molecular formula is C11H21ClN2. The van der Waals surface area contributed by atoms with Crippen LogP contribution in [0.5, 0.6) is 0 Å². The maximum atomic E-state index is 5.79. The zero-order valence-corrected chi connectivity index (χ0v) is 9.89. The van der Waals surface area contributed by atoms with Crippen molar-refractivity contribution in [1.29, 1.82) is 0 Å². The summed E-state index contributed by atoms with van der Waals surface area (Å²) in [5.74, 6) is 1.68. The van der Waals surface area contributed by atoms with E-state index in [0.717, 1.165) is 25.5 Å². The number of halogens is 1. The van der Waals surface area contributed by atoms with Gasteiger partial charge in [-0.2, -0.15) is 0 Å². The first-order valence-electron chi connectivity index (χ1n) is 5.72. The Labute approximate surface area is 92.3 Å². The van der Waals surface area contributed by atoms with Gasteiger partial charge < -0.3 is 4.90 Å². The predicted octanol–water partition coefficient (Wildman–Crippen LogP) is 2.91. The molecule has 0 N–H and O–H groups in total. The van der Waals surface area contributed by atoms with Gasteiger partial charge in [0.1, 0.15) is 5.84 Å². The van der Waals surface area contributed by atoms with E-state index in [4.69, 9.17) is 11.6 Å². The van der Waals surface area contributed by atoms with E-state index in [1.54, 1.807) is 0 Å². The fourth-order valence-corrected chi connectivity index (χ4v) is 2.06. The van der Waals surface area contributed by atoms with Gasteiger partial charge in [-0.25, -0.2) is 0 Å². The number of hydrogen-bond donors (Lipinski definition) is 0. The molecule has 0 aromatic rings. The lowest BCUT2D eigenvalue weighted by Crippen LogP contribution is -2.29. The van der Waals surface area contributed by atoms with Crippen LogP contribution in [0, 0.1) is 0 Å². The maximum Gasteiger partial charge on any atom is 0.114 e. The maximum absolute atomic E-state index is 5.79. The third-order valence-electron chi connectivity index (χ3n) is 2.68. The predicted molar refractivity (Wildman–Crippen MR) is 63.4 cm³/mol. The van der Waals surface area contributed by atoms with Crippen molar-refractivity contribution < 1.29 is 0 Å². The number of rotatable bonds is 7. The number of aliphatic imine (C=N–C) groups is 1. The van der Waals surface area contributed by atoms with Gasteiger partial charge in [-0.3, -0.25) is 4.99 Å². The van der Waals surface area contributed by atoms with Gasteiger partial charge in [-0.15, -0.1) is 11.6 Å². The van der Waals surface area contributed by atoms with Crippen molar-refractivity contribution in [2.24, 2.45) is 4.99 Å². The van der Waals surface area contributed by atoms with Crippen LogP contribution in [0.3, 0.4) is 0 Å². The highest BCUT2D eigenvalue weighted by atomic mass is 35.5. The average molecular weight is 217 g/mol. The summed E-state index contributed by atoms with van der Waals surface area (Å²) in [7, 11) is 0. The first-order valence-corrected chi connectivity index (χ1v) is 6.26. The molecule has 82 valence electrons. The highest BCUT2D eigenvalue weighted by Gasteiger charge is 2.14. The van der Waals surface area contributed by atoms with E-state index in [0.29, 0.717) is 5.88 Å². The molecule has 2 nitrogen and oxygen atoms in total. The third kappa shape index (κ3) is 3.87. The van der Waals surface area contributed by atoms with Crippen LogP contribution in [0.4, 0.5) is 0 Å². The van der Waals surface area contributed by atoms with E-state index < -0.39 is 0 Å². The number of unbranched alkanes of at least 4 members (excludes halogenated alkanes) is 4. The standard InChI is InChI=1S/C11H21ClN2/c1-2-3-4-5-6-8-14-9-7-13-11(14)10-12/h2-10H2,1H3. The molecule has 0 spiro atoms. The fourth-order valence-electron chi connectivity index (χ4n) is 1.80. The van der Waals surface area contributed by atoms with Crippen molar-refractivity contribution in [3.05, 3.63) is 0 Å². The number of alkyl halides is 1. The van der Waals surface area contributed by atoms with Crippen LogP contribution in [0.2, 0.25) is 0 Å². The molecule has 0 bridgehead atoms. The average Bonchev–Trinajstić information content (AvgIpc) is 2.65. The van der Waals surface area contributed by atoms with Crippen LogP contribution in [-0.4, -0.2) is 36.2 Å². The Hall–Kier alpha value is -0.240. The highest BCUT2D eigenvalue weighted by molar-refractivity contribution is 6.28. The second kappa shape index (κ2) is 7.10. The molecule has 0 unspecified atom stereocenters. The van der Waals surface area contributed by atoms with E-state index in [9.17, 15) is 0 Å². The van der Waals surface area contributed by atoms with Gasteiger partial charge in [0.25, 0.3) is 0 Å². The molecule has 1 heterocycles. The van der Waals surface area contributed by atoms with Crippen LogP contribution < -0.4 is 0 Å². The smallest absolute Gasteiger partial charge is 0.114 e. The molecule has 14 heavy (non-hydrogen) atoms. The summed E-state index contributed by atoms with van der Waals surface area (Å²) in [6, 6.07) is 0. The minimum atomic E-state index is 0.578. The van der Waals surface area contributed by atoms with Gasteiger partial charge in [0, 0.05) is 13.1 Å². The van der Waals surface area contributed by atoms with E-state index in [-0.39, 0.29) is 0 Å². The normalized spacial score (nSPS) is 16.1. The Morgan fingerprint density at radius 1 is 1.29 bits per heavy atom. The molecule has 3 heteroatoms. The van der Waals surface area contributed by atoms with Gasteiger partial charge >= 0.3 is 0 Å². The Morgan fingerprint density at radius 3 is 2.79 bits per heavy atom. The highest BCUT2D eigenvalue weighted by Crippen LogP contribution is 2.08. The molecule has 0 aromatic heterocycles. The summed E-state index contributed by atoms with van der Waals surface area (Å²) in [5.41, 5.74) is 0. The van der Waals surface area contributed by atoms with Crippen LogP contribution in [0.15, 0.2) is 4.99 Å². The molecular weight excluding hydrogens is 196 g/mol. The Morgan fingerprint density at radius 2 is 2.07 bits per heavy atom. The van der Waals surface area contributed by atoms with Crippen molar-refractivity contribution in [3.63, 3.8) is 0 Å². The van der Waals surface area contributed by atoms with Gasteiger partial charge in [-0.1, -0.05) is 32.6 Å². The van der Waals surface area contributed by atoms with E-state index in [1.807, 2.05) is 0 Å². The molecule has 0 saturated carbocycles. The van der Waals surface area contributed by atoms with Crippen LogP contribution in [0.1, 0.15) is 39.0 Å². The Bertz CT molecular complexity index is 180. The van der Waals surface area contributed by atoms with Crippen molar-refractivity contribution in [3.8, 4) is 0 Å². The molecule has 0 radical (unpaired) electrons. The zero-order valence-electron chi connectivity index (χ0n) is 9.14. The lowest BCUT2D eigenvalue weighted by atomic mass is 10.1. The lowest BCUT2D eigenvalue weighted by Gasteiger charge is -2.18. The van der Waals surface area contributed by atoms with Gasteiger partial charge in [0.15, 0.2) is 0 Å². The second-order valence-corrected chi connectivity index (χ2v) is 4.10. The topological polar surface area (TPSA) is 15.6 Å². The minimum Gasteiger partial charge on any atom is -0.358 e. The second-order valence-electron chi connectivity index (χ2n) is 3.83. The van der Waals surface area contributed by atoms with Gasteiger partial charge in [-0.05, 0) is 6.42 Å². The molecule has 0 amide bonds. The van der Waals surface area contributed by atoms with Crippen LogP contribution in [-0.2, 0) is 0 Å². The van der Waals surface area contributed by atoms with Crippen molar-refractivity contribution in [2.45, 2.75) is 39.0 Å².